The van der Waals surface area contributed by atoms with Crippen LogP contribution in [0, 0.1) is 29.4 Å². The van der Waals surface area contributed by atoms with Crippen molar-refractivity contribution in [1.82, 2.24) is 0 Å². The Morgan fingerprint density at radius 2 is 1.82 bits per heavy atom. The van der Waals surface area contributed by atoms with Crippen molar-refractivity contribution in [1.29, 1.82) is 0 Å². The summed E-state index contributed by atoms with van der Waals surface area (Å²) in [6, 6.07) is 7.25. The molecule has 2 aromatic rings. The van der Waals surface area contributed by atoms with Crippen LogP contribution in [0.2, 0.25) is 0 Å². The van der Waals surface area contributed by atoms with Crippen LogP contribution in [-0.2, 0) is 0 Å². The van der Waals surface area contributed by atoms with Crippen molar-refractivity contribution in [3.8, 4) is 5.75 Å². The molecule has 0 N–H and O–H groups in total. The third-order valence-electron chi connectivity index (χ3n) is 6.92. The monoisotopic (exact) mass is 384 g/mol. The maximum atomic E-state index is 14.8. The van der Waals surface area contributed by atoms with Gasteiger partial charge < -0.3 is 4.74 Å². The first-order chi connectivity index (χ1) is 13.6. The number of allylic oxidation sites excluding steroid dienone is 1. The highest BCUT2D eigenvalue weighted by molar-refractivity contribution is 5.85. The van der Waals surface area contributed by atoms with E-state index in [0.717, 1.165) is 17.8 Å². The summed E-state index contributed by atoms with van der Waals surface area (Å²) >= 11 is 0. The average molecular weight is 385 g/mol. The predicted molar refractivity (Wildman–Crippen MR) is 111 cm³/mol. The maximum Gasteiger partial charge on any atom is 0.191 e. The Morgan fingerprint density at radius 1 is 1.04 bits per heavy atom. The summed E-state index contributed by atoms with van der Waals surface area (Å²) in [5.41, 5.74) is 1.23. The van der Waals surface area contributed by atoms with Crippen LogP contribution in [0.15, 0.2) is 36.4 Å². The Balaban J connectivity index is 1.57. The van der Waals surface area contributed by atoms with E-state index in [-0.39, 0.29) is 12.4 Å². The SMILES string of the molecule is C/C=C/COc1c(F)cc2cc(C3CCC4CC(C)CCC4C3)ccc2c1F. The van der Waals surface area contributed by atoms with Gasteiger partial charge in [0.1, 0.15) is 6.61 Å². The molecule has 0 radical (unpaired) electrons. The van der Waals surface area contributed by atoms with Crippen LogP contribution in [0.3, 0.4) is 0 Å². The Hall–Kier alpha value is -1.90. The molecule has 3 heteroatoms. The molecule has 0 heterocycles. The van der Waals surface area contributed by atoms with Gasteiger partial charge in [-0.25, -0.2) is 8.78 Å². The van der Waals surface area contributed by atoms with Crippen LogP contribution in [0.4, 0.5) is 8.78 Å². The van der Waals surface area contributed by atoms with Gasteiger partial charge in [-0.2, -0.15) is 0 Å². The van der Waals surface area contributed by atoms with Crippen LogP contribution in [0.25, 0.3) is 10.8 Å². The van der Waals surface area contributed by atoms with Crippen LogP contribution in [0.5, 0.6) is 5.75 Å². The molecule has 2 aliphatic carbocycles. The molecule has 2 fully saturated rings. The molecule has 2 saturated carbocycles. The number of hydrogen-bond donors (Lipinski definition) is 0. The average Bonchev–Trinajstić information content (AvgIpc) is 2.69. The number of ether oxygens (including phenoxy) is 1. The molecule has 0 spiro atoms. The largest absolute Gasteiger partial charge is 0.483 e. The van der Waals surface area contributed by atoms with Crippen LogP contribution < -0.4 is 4.74 Å². The Labute approximate surface area is 166 Å². The predicted octanol–water partition coefficient (Wildman–Crippen LogP) is 7.39. The Kier molecular flexibility index (Phi) is 5.70. The van der Waals surface area contributed by atoms with Crippen molar-refractivity contribution < 1.29 is 13.5 Å². The third kappa shape index (κ3) is 3.81. The lowest BCUT2D eigenvalue weighted by Crippen LogP contribution is -2.29. The van der Waals surface area contributed by atoms with E-state index in [1.165, 1.54) is 50.2 Å². The summed E-state index contributed by atoms with van der Waals surface area (Å²) in [7, 11) is 0. The molecule has 4 rings (SSSR count). The zero-order chi connectivity index (χ0) is 19.7. The van der Waals surface area contributed by atoms with Gasteiger partial charge in [-0.1, -0.05) is 43.7 Å². The molecule has 28 heavy (non-hydrogen) atoms. The second-order valence-electron chi connectivity index (χ2n) is 8.81. The van der Waals surface area contributed by atoms with E-state index < -0.39 is 11.6 Å². The van der Waals surface area contributed by atoms with Gasteiger partial charge in [0, 0.05) is 5.39 Å². The molecule has 2 aliphatic rings. The van der Waals surface area contributed by atoms with Crippen molar-refractivity contribution in [3.05, 3.63) is 53.6 Å². The molecular weight excluding hydrogens is 354 g/mol. The molecule has 1 nitrogen and oxygen atoms in total. The number of rotatable bonds is 4. The number of hydrogen-bond acceptors (Lipinski definition) is 1. The highest BCUT2D eigenvalue weighted by atomic mass is 19.1. The fourth-order valence-corrected chi connectivity index (χ4v) is 5.37. The minimum atomic E-state index is -0.628. The van der Waals surface area contributed by atoms with E-state index in [1.54, 1.807) is 18.2 Å². The zero-order valence-corrected chi connectivity index (χ0v) is 16.9. The standard InChI is InChI=1S/C25H30F2O/c1-3-4-11-28-25-23(26)15-21-14-20(9-10-22(21)24(25)27)19-8-7-17-12-16(2)5-6-18(17)13-19/h3-4,9-10,14-19H,5-8,11-13H2,1-2H3/b4-3+. The minimum Gasteiger partial charge on any atom is -0.483 e. The Bertz CT molecular complexity index is 872. The molecule has 0 aliphatic heterocycles. The van der Waals surface area contributed by atoms with E-state index >= 15 is 0 Å². The molecule has 4 atom stereocenters. The summed E-state index contributed by atoms with van der Waals surface area (Å²) in [5.74, 6) is 1.57. The first-order valence-electron chi connectivity index (χ1n) is 10.7. The van der Waals surface area contributed by atoms with E-state index in [4.69, 9.17) is 4.74 Å². The van der Waals surface area contributed by atoms with Crippen LogP contribution in [0.1, 0.15) is 63.9 Å². The van der Waals surface area contributed by atoms with E-state index in [1.807, 2.05) is 19.1 Å². The molecule has 4 unspecified atom stereocenters. The van der Waals surface area contributed by atoms with Crippen molar-refractivity contribution >= 4 is 10.8 Å². The highest BCUT2D eigenvalue weighted by Crippen LogP contribution is 2.47. The van der Waals surface area contributed by atoms with Crippen molar-refractivity contribution in [2.75, 3.05) is 6.61 Å². The zero-order valence-electron chi connectivity index (χ0n) is 16.9. The van der Waals surface area contributed by atoms with Gasteiger partial charge >= 0.3 is 0 Å². The third-order valence-corrected chi connectivity index (χ3v) is 6.92. The number of fused-ring (bicyclic) bond motifs is 2. The van der Waals surface area contributed by atoms with E-state index in [0.29, 0.717) is 16.7 Å². The van der Waals surface area contributed by atoms with E-state index in [2.05, 4.69) is 6.92 Å². The summed E-state index contributed by atoms with van der Waals surface area (Å²) < 4.78 is 34.5. The van der Waals surface area contributed by atoms with Crippen molar-refractivity contribution in [3.63, 3.8) is 0 Å². The second kappa shape index (κ2) is 8.23. The molecular formula is C25H30F2O. The molecule has 0 amide bonds. The van der Waals surface area contributed by atoms with Gasteiger partial charge in [-0.3, -0.25) is 0 Å². The normalized spacial score (nSPS) is 27.9. The second-order valence-corrected chi connectivity index (χ2v) is 8.81. The highest BCUT2D eigenvalue weighted by Gasteiger charge is 2.34. The summed E-state index contributed by atoms with van der Waals surface area (Å²) in [6.45, 7) is 4.39. The van der Waals surface area contributed by atoms with Gasteiger partial charge in [-0.15, -0.1) is 0 Å². The topological polar surface area (TPSA) is 9.23 Å². The summed E-state index contributed by atoms with van der Waals surface area (Å²) in [5, 5.41) is 1.06. The van der Waals surface area contributed by atoms with Crippen LogP contribution >= 0.6 is 0 Å². The lowest BCUT2D eigenvalue weighted by atomic mass is 9.64. The maximum absolute atomic E-state index is 14.8. The smallest absolute Gasteiger partial charge is 0.191 e. The number of halogens is 2. The van der Waals surface area contributed by atoms with Crippen molar-refractivity contribution in [2.45, 2.75) is 58.3 Å². The van der Waals surface area contributed by atoms with Gasteiger partial charge in [0.15, 0.2) is 17.4 Å². The molecule has 0 bridgehead atoms. The Morgan fingerprint density at radius 3 is 2.64 bits per heavy atom. The first kappa shape index (κ1) is 19.4. The molecule has 2 aromatic carbocycles. The molecule has 0 saturated heterocycles. The fraction of sp³-hybridized carbons (Fsp3) is 0.520. The fourth-order valence-electron chi connectivity index (χ4n) is 5.37. The van der Waals surface area contributed by atoms with Gasteiger partial charge in [-0.05, 0) is 79.7 Å². The molecule has 0 aromatic heterocycles. The van der Waals surface area contributed by atoms with Gasteiger partial charge in [0.05, 0.1) is 0 Å². The first-order valence-corrected chi connectivity index (χ1v) is 10.7. The van der Waals surface area contributed by atoms with Crippen molar-refractivity contribution in [2.24, 2.45) is 17.8 Å². The summed E-state index contributed by atoms with van der Waals surface area (Å²) in [6.07, 6.45) is 11.3. The quantitative estimate of drug-likeness (QED) is 0.499. The van der Waals surface area contributed by atoms with Gasteiger partial charge in [0.25, 0.3) is 0 Å². The lowest BCUT2D eigenvalue weighted by molar-refractivity contribution is 0.124. The summed E-state index contributed by atoms with van der Waals surface area (Å²) in [4.78, 5) is 0. The van der Waals surface area contributed by atoms with Gasteiger partial charge in [0.2, 0.25) is 0 Å². The lowest BCUT2D eigenvalue weighted by Gasteiger charge is -2.41. The van der Waals surface area contributed by atoms with Crippen LogP contribution in [-0.4, -0.2) is 6.61 Å². The van der Waals surface area contributed by atoms with E-state index in [9.17, 15) is 8.78 Å². The molecule has 150 valence electrons. The number of benzene rings is 2. The minimum absolute atomic E-state index is 0.164.